The zero-order valence-corrected chi connectivity index (χ0v) is 11.2. The molecular weight excluding hydrogens is 238 g/mol. The highest BCUT2D eigenvalue weighted by atomic mass is 35.5. The third-order valence-corrected chi connectivity index (χ3v) is 2.49. The van der Waals surface area contributed by atoms with Crippen LogP contribution in [-0.4, -0.2) is 17.1 Å². The number of hydrogen-bond acceptors (Lipinski definition) is 2. The van der Waals surface area contributed by atoms with E-state index in [0.29, 0.717) is 6.61 Å². The first-order valence-electron chi connectivity index (χ1n) is 5.58. The van der Waals surface area contributed by atoms with E-state index in [9.17, 15) is 4.79 Å². The van der Waals surface area contributed by atoms with E-state index in [1.54, 1.807) is 20.8 Å². The average Bonchev–Trinajstić information content (AvgIpc) is 2.28. The number of benzene rings is 1. The standard InChI is InChI=1S/C13H18ClNO2/c1-13(2,3)12(16)15(14)17-10-9-11-7-5-4-6-8-11/h4-8H,9-10H2,1-3H3. The van der Waals surface area contributed by atoms with Crippen molar-refractivity contribution in [3.63, 3.8) is 0 Å². The molecule has 0 unspecified atom stereocenters. The maximum Gasteiger partial charge on any atom is 0.267 e. The van der Waals surface area contributed by atoms with Crippen LogP contribution >= 0.6 is 11.8 Å². The number of carbonyl (C=O) groups excluding carboxylic acids is 1. The summed E-state index contributed by atoms with van der Waals surface area (Å²) >= 11 is 5.74. The molecule has 1 rings (SSSR count). The number of rotatable bonds is 4. The van der Waals surface area contributed by atoms with Gasteiger partial charge in [-0.2, -0.15) is 0 Å². The largest absolute Gasteiger partial charge is 0.271 e. The van der Waals surface area contributed by atoms with E-state index >= 15 is 0 Å². The summed E-state index contributed by atoms with van der Waals surface area (Å²) in [6.07, 6.45) is 0.724. The Labute approximate surface area is 107 Å². The number of hydroxylamine groups is 1. The molecule has 0 fully saturated rings. The first kappa shape index (κ1) is 14.0. The smallest absolute Gasteiger partial charge is 0.267 e. The van der Waals surface area contributed by atoms with E-state index < -0.39 is 5.41 Å². The van der Waals surface area contributed by atoms with Gasteiger partial charge in [-0.25, -0.2) is 0 Å². The van der Waals surface area contributed by atoms with Crippen molar-refractivity contribution in [3.8, 4) is 0 Å². The van der Waals surface area contributed by atoms with Gasteiger partial charge in [0, 0.05) is 17.2 Å². The molecule has 0 aliphatic rings. The second-order valence-corrected chi connectivity index (χ2v) is 5.18. The topological polar surface area (TPSA) is 29.5 Å². The highest BCUT2D eigenvalue weighted by Crippen LogP contribution is 2.19. The maximum absolute atomic E-state index is 11.7. The van der Waals surface area contributed by atoms with Gasteiger partial charge in [-0.15, -0.1) is 4.58 Å². The van der Waals surface area contributed by atoms with Crippen LogP contribution in [0.25, 0.3) is 0 Å². The minimum absolute atomic E-state index is 0.243. The molecule has 0 saturated carbocycles. The Morgan fingerprint density at radius 3 is 2.41 bits per heavy atom. The third kappa shape index (κ3) is 4.75. The van der Waals surface area contributed by atoms with E-state index in [2.05, 4.69) is 0 Å². The van der Waals surface area contributed by atoms with Crippen LogP contribution in [0.5, 0.6) is 0 Å². The van der Waals surface area contributed by atoms with Crippen molar-refractivity contribution in [3.05, 3.63) is 35.9 Å². The molecule has 0 spiro atoms. The Hall–Kier alpha value is -1.06. The lowest BCUT2D eigenvalue weighted by Gasteiger charge is -2.22. The summed E-state index contributed by atoms with van der Waals surface area (Å²) in [6, 6.07) is 9.91. The number of amides is 1. The van der Waals surface area contributed by atoms with Gasteiger partial charge in [0.05, 0.1) is 6.61 Å². The summed E-state index contributed by atoms with van der Waals surface area (Å²) in [6.45, 7) is 5.77. The van der Waals surface area contributed by atoms with Gasteiger partial charge < -0.3 is 0 Å². The quantitative estimate of drug-likeness (QED) is 0.611. The molecule has 0 heterocycles. The molecule has 0 aliphatic carbocycles. The van der Waals surface area contributed by atoms with E-state index in [4.69, 9.17) is 16.6 Å². The minimum atomic E-state index is -0.533. The van der Waals surface area contributed by atoms with Gasteiger partial charge in [0.25, 0.3) is 5.91 Å². The molecule has 0 atom stereocenters. The molecular formula is C13H18ClNO2. The molecule has 17 heavy (non-hydrogen) atoms. The summed E-state index contributed by atoms with van der Waals surface area (Å²) in [5, 5.41) is 0. The normalized spacial score (nSPS) is 11.3. The SMILES string of the molecule is CC(C)(C)C(=O)N(Cl)OCCc1ccccc1. The van der Waals surface area contributed by atoms with Gasteiger partial charge in [0.15, 0.2) is 0 Å². The van der Waals surface area contributed by atoms with Gasteiger partial charge in [0.2, 0.25) is 0 Å². The zero-order valence-electron chi connectivity index (χ0n) is 10.4. The van der Waals surface area contributed by atoms with Crippen LogP contribution in [0.4, 0.5) is 0 Å². The van der Waals surface area contributed by atoms with Crippen LogP contribution < -0.4 is 0 Å². The summed E-state index contributed by atoms with van der Waals surface area (Å²) < 4.78 is 0.808. The summed E-state index contributed by atoms with van der Waals surface area (Å²) in [7, 11) is 0. The number of carbonyl (C=O) groups is 1. The molecule has 0 radical (unpaired) electrons. The van der Waals surface area contributed by atoms with Crippen molar-refractivity contribution >= 4 is 17.7 Å². The first-order valence-corrected chi connectivity index (χ1v) is 5.92. The van der Waals surface area contributed by atoms with E-state index in [1.165, 1.54) is 0 Å². The highest BCUT2D eigenvalue weighted by Gasteiger charge is 2.27. The Morgan fingerprint density at radius 2 is 1.88 bits per heavy atom. The second kappa shape index (κ2) is 6.03. The van der Waals surface area contributed by atoms with Crippen LogP contribution in [0.15, 0.2) is 30.3 Å². The molecule has 1 amide bonds. The first-order chi connectivity index (χ1) is 7.91. The van der Waals surface area contributed by atoms with Crippen LogP contribution in [0, 0.1) is 5.41 Å². The molecule has 1 aromatic carbocycles. The lowest BCUT2D eigenvalue weighted by molar-refractivity contribution is -0.167. The Kier molecular flexibility index (Phi) is 4.97. The van der Waals surface area contributed by atoms with Gasteiger partial charge in [-0.05, 0) is 12.0 Å². The Bertz CT molecular complexity index is 359. The van der Waals surface area contributed by atoms with Crippen molar-refractivity contribution in [2.45, 2.75) is 27.2 Å². The summed E-state index contributed by atoms with van der Waals surface area (Å²) in [5.74, 6) is -0.243. The molecule has 1 aromatic rings. The molecule has 0 aliphatic heterocycles. The monoisotopic (exact) mass is 255 g/mol. The molecule has 94 valence electrons. The van der Waals surface area contributed by atoms with Crippen molar-refractivity contribution < 1.29 is 9.63 Å². The number of halogens is 1. The van der Waals surface area contributed by atoms with Crippen molar-refractivity contribution in [1.82, 2.24) is 4.58 Å². The lowest BCUT2D eigenvalue weighted by Crippen LogP contribution is -2.33. The summed E-state index contributed by atoms with van der Waals surface area (Å²) in [5.41, 5.74) is 0.620. The fourth-order valence-electron chi connectivity index (χ4n) is 1.21. The maximum atomic E-state index is 11.7. The predicted molar refractivity (Wildman–Crippen MR) is 68.3 cm³/mol. The van der Waals surface area contributed by atoms with Gasteiger partial charge in [-0.3, -0.25) is 9.63 Å². The van der Waals surface area contributed by atoms with E-state index in [0.717, 1.165) is 16.6 Å². The molecule has 0 saturated heterocycles. The van der Waals surface area contributed by atoms with Gasteiger partial charge >= 0.3 is 0 Å². The molecule has 0 N–H and O–H groups in total. The lowest BCUT2D eigenvalue weighted by atomic mass is 9.96. The second-order valence-electron chi connectivity index (χ2n) is 4.87. The molecule has 0 aromatic heterocycles. The highest BCUT2D eigenvalue weighted by molar-refractivity contribution is 6.20. The van der Waals surface area contributed by atoms with Crippen molar-refractivity contribution in [2.24, 2.45) is 5.41 Å². The van der Waals surface area contributed by atoms with Crippen molar-refractivity contribution in [2.75, 3.05) is 6.61 Å². The summed E-state index contributed by atoms with van der Waals surface area (Å²) in [4.78, 5) is 16.9. The predicted octanol–water partition coefficient (Wildman–Crippen LogP) is 3.19. The number of hydrogen-bond donors (Lipinski definition) is 0. The molecule has 3 nitrogen and oxygen atoms in total. The van der Waals surface area contributed by atoms with Gasteiger partial charge in [0.1, 0.15) is 0 Å². The Morgan fingerprint density at radius 1 is 1.29 bits per heavy atom. The van der Waals surface area contributed by atoms with Crippen LogP contribution in [0.2, 0.25) is 0 Å². The minimum Gasteiger partial charge on any atom is -0.271 e. The average molecular weight is 256 g/mol. The fourth-order valence-corrected chi connectivity index (χ4v) is 1.53. The van der Waals surface area contributed by atoms with Crippen molar-refractivity contribution in [1.29, 1.82) is 0 Å². The zero-order chi connectivity index (χ0) is 12.9. The fraction of sp³-hybridized carbons (Fsp3) is 0.462. The van der Waals surface area contributed by atoms with Crippen LogP contribution in [0.3, 0.4) is 0 Å². The van der Waals surface area contributed by atoms with E-state index in [-0.39, 0.29) is 5.91 Å². The van der Waals surface area contributed by atoms with Crippen LogP contribution in [-0.2, 0) is 16.1 Å². The van der Waals surface area contributed by atoms with Gasteiger partial charge in [-0.1, -0.05) is 51.1 Å². The Balaban J connectivity index is 2.35. The van der Waals surface area contributed by atoms with Crippen LogP contribution in [0.1, 0.15) is 26.3 Å². The molecule has 4 heteroatoms. The van der Waals surface area contributed by atoms with E-state index in [1.807, 2.05) is 30.3 Å². The number of nitrogens with zero attached hydrogens (tertiary/aromatic N) is 1. The third-order valence-electron chi connectivity index (χ3n) is 2.24. The molecule has 0 bridgehead atoms.